The molecule has 166 valence electrons. The minimum Gasteiger partial charge on any atom is -0.494 e. The maximum atomic E-state index is 13.9. The van der Waals surface area contributed by atoms with Crippen molar-refractivity contribution < 1.29 is 13.5 Å². The molecule has 0 aromatic heterocycles. The SMILES string of the molecule is C#Cc1c(F)cc(C#Cc2ccc3c(c2)Cc2cc(OCCCCCCC)ccc2-3)cc1F. The molecule has 0 saturated carbocycles. The van der Waals surface area contributed by atoms with Crippen molar-refractivity contribution in [3.8, 4) is 41.1 Å². The molecule has 0 heterocycles. The van der Waals surface area contributed by atoms with Crippen LogP contribution in [-0.2, 0) is 6.42 Å². The molecule has 0 aliphatic heterocycles. The molecule has 3 aromatic rings. The third-order valence-corrected chi connectivity index (χ3v) is 5.91. The number of ether oxygens (including phenoxy) is 1. The first-order valence-corrected chi connectivity index (χ1v) is 11.5. The highest BCUT2D eigenvalue weighted by molar-refractivity contribution is 5.78. The van der Waals surface area contributed by atoms with E-state index in [0.29, 0.717) is 0 Å². The van der Waals surface area contributed by atoms with Crippen molar-refractivity contribution in [2.75, 3.05) is 6.61 Å². The van der Waals surface area contributed by atoms with Crippen LogP contribution >= 0.6 is 0 Å². The van der Waals surface area contributed by atoms with E-state index in [1.807, 2.05) is 24.1 Å². The monoisotopic (exact) mass is 440 g/mol. The van der Waals surface area contributed by atoms with Gasteiger partial charge in [0.15, 0.2) is 0 Å². The first kappa shape index (κ1) is 22.6. The van der Waals surface area contributed by atoms with Crippen LogP contribution in [0.1, 0.15) is 66.8 Å². The van der Waals surface area contributed by atoms with Crippen LogP contribution in [0, 0.1) is 35.8 Å². The molecule has 0 radical (unpaired) electrons. The molecule has 3 aromatic carbocycles. The first-order valence-electron chi connectivity index (χ1n) is 11.5. The fourth-order valence-corrected chi connectivity index (χ4v) is 4.18. The van der Waals surface area contributed by atoms with Crippen molar-refractivity contribution in [2.45, 2.75) is 45.4 Å². The number of fused-ring (bicyclic) bond motifs is 3. The Balaban J connectivity index is 1.44. The summed E-state index contributed by atoms with van der Waals surface area (Å²) in [6, 6.07) is 14.7. The predicted octanol–water partition coefficient (Wildman–Crippen LogP) is 7.27. The molecule has 0 spiro atoms. The van der Waals surface area contributed by atoms with Crippen LogP contribution in [0.25, 0.3) is 11.1 Å². The number of benzene rings is 3. The summed E-state index contributed by atoms with van der Waals surface area (Å²) >= 11 is 0. The lowest BCUT2D eigenvalue weighted by atomic mass is 10.0. The zero-order chi connectivity index (χ0) is 23.2. The number of hydrogen-bond donors (Lipinski definition) is 0. The normalized spacial score (nSPS) is 11.2. The number of unbranched alkanes of at least 4 members (excludes halogenated alkanes) is 4. The molecule has 0 fully saturated rings. The van der Waals surface area contributed by atoms with Gasteiger partial charge in [-0.15, -0.1) is 6.42 Å². The van der Waals surface area contributed by atoms with Gasteiger partial charge in [0.05, 0.1) is 12.2 Å². The highest BCUT2D eigenvalue weighted by Gasteiger charge is 2.19. The zero-order valence-electron chi connectivity index (χ0n) is 18.8. The summed E-state index contributed by atoms with van der Waals surface area (Å²) in [6.45, 7) is 2.97. The van der Waals surface area contributed by atoms with E-state index in [0.717, 1.165) is 30.8 Å². The molecule has 1 nitrogen and oxygen atoms in total. The third kappa shape index (κ3) is 5.27. The van der Waals surface area contributed by atoms with Gasteiger partial charge < -0.3 is 4.74 Å². The maximum absolute atomic E-state index is 13.9. The van der Waals surface area contributed by atoms with Crippen LogP contribution in [-0.4, -0.2) is 6.61 Å². The lowest BCUT2D eigenvalue weighted by Crippen LogP contribution is -1.97. The summed E-state index contributed by atoms with van der Waals surface area (Å²) in [5.74, 6) is 7.24. The maximum Gasteiger partial charge on any atom is 0.143 e. The molecule has 1 aliphatic carbocycles. The minimum atomic E-state index is -0.773. The van der Waals surface area contributed by atoms with Crippen LogP contribution in [0.2, 0.25) is 0 Å². The van der Waals surface area contributed by atoms with Gasteiger partial charge in [-0.05, 0) is 71.5 Å². The van der Waals surface area contributed by atoms with E-state index in [1.54, 1.807) is 0 Å². The van der Waals surface area contributed by atoms with Crippen LogP contribution in [0.4, 0.5) is 8.78 Å². The van der Waals surface area contributed by atoms with E-state index < -0.39 is 11.6 Å². The minimum absolute atomic E-state index is 0.254. The quantitative estimate of drug-likeness (QED) is 0.217. The molecule has 3 heteroatoms. The van der Waals surface area contributed by atoms with Crippen LogP contribution < -0.4 is 4.74 Å². The van der Waals surface area contributed by atoms with E-state index in [2.05, 4.69) is 37.0 Å². The van der Waals surface area contributed by atoms with Gasteiger partial charge in [0.1, 0.15) is 17.4 Å². The van der Waals surface area contributed by atoms with Crippen molar-refractivity contribution in [3.63, 3.8) is 0 Å². The van der Waals surface area contributed by atoms with Crippen molar-refractivity contribution in [3.05, 3.63) is 88.0 Å². The van der Waals surface area contributed by atoms with Gasteiger partial charge in [0.25, 0.3) is 0 Å². The Kier molecular flexibility index (Phi) is 7.11. The standard InChI is InChI=1S/C30H26F2O/c1-3-5-6-7-8-15-33-25-12-14-28-24(20-25)19-23-16-21(11-13-27(23)28)9-10-22-17-29(31)26(4-2)30(32)18-22/h2,11-14,16-18,20H,3,5-8,15,19H2,1H3. The smallest absolute Gasteiger partial charge is 0.143 e. The Labute approximate surface area is 194 Å². The molecular weight excluding hydrogens is 414 g/mol. The molecule has 0 N–H and O–H groups in total. The van der Waals surface area contributed by atoms with Crippen LogP contribution in [0.15, 0.2) is 48.5 Å². The molecule has 0 saturated heterocycles. The van der Waals surface area contributed by atoms with Crippen molar-refractivity contribution >= 4 is 0 Å². The summed E-state index contributed by atoms with van der Waals surface area (Å²) in [5, 5.41) is 0. The molecule has 0 unspecified atom stereocenters. The average Bonchev–Trinajstić information content (AvgIpc) is 3.16. The molecule has 4 rings (SSSR count). The second kappa shape index (κ2) is 10.4. The number of terminal acetylenes is 1. The second-order valence-corrected chi connectivity index (χ2v) is 8.34. The molecule has 0 atom stereocenters. The molecule has 1 aliphatic rings. The topological polar surface area (TPSA) is 9.23 Å². The Morgan fingerprint density at radius 3 is 2.21 bits per heavy atom. The largest absolute Gasteiger partial charge is 0.494 e. The van der Waals surface area contributed by atoms with Gasteiger partial charge in [-0.25, -0.2) is 8.78 Å². The first-order chi connectivity index (χ1) is 16.1. The molecular formula is C30H26F2O. The van der Waals surface area contributed by atoms with E-state index in [9.17, 15) is 8.78 Å². The van der Waals surface area contributed by atoms with Crippen LogP contribution in [0.3, 0.4) is 0 Å². The summed E-state index contributed by atoms with van der Waals surface area (Å²) in [6.07, 6.45) is 12.0. The van der Waals surface area contributed by atoms with E-state index in [4.69, 9.17) is 11.2 Å². The molecule has 33 heavy (non-hydrogen) atoms. The Morgan fingerprint density at radius 2 is 1.48 bits per heavy atom. The lowest BCUT2D eigenvalue weighted by molar-refractivity contribution is 0.304. The van der Waals surface area contributed by atoms with Gasteiger partial charge in [-0.1, -0.05) is 62.5 Å². The third-order valence-electron chi connectivity index (χ3n) is 5.91. The van der Waals surface area contributed by atoms with Gasteiger partial charge in [0, 0.05) is 11.1 Å². The Morgan fingerprint density at radius 1 is 0.818 bits per heavy atom. The van der Waals surface area contributed by atoms with Gasteiger partial charge in [-0.3, -0.25) is 0 Å². The second-order valence-electron chi connectivity index (χ2n) is 8.34. The summed E-state index contributed by atoms with van der Waals surface area (Å²) in [5.41, 5.74) is 5.53. The molecule has 0 amide bonds. The summed E-state index contributed by atoms with van der Waals surface area (Å²) < 4.78 is 33.7. The predicted molar refractivity (Wildman–Crippen MR) is 129 cm³/mol. The number of rotatable bonds is 7. The van der Waals surface area contributed by atoms with Crippen molar-refractivity contribution in [1.29, 1.82) is 0 Å². The van der Waals surface area contributed by atoms with Gasteiger partial charge in [-0.2, -0.15) is 0 Å². The highest BCUT2D eigenvalue weighted by atomic mass is 19.1. The van der Waals surface area contributed by atoms with E-state index in [-0.39, 0.29) is 11.1 Å². The summed E-state index contributed by atoms with van der Waals surface area (Å²) in [7, 11) is 0. The Bertz CT molecular complexity index is 1250. The Hall–Kier alpha value is -3.56. The van der Waals surface area contributed by atoms with Crippen molar-refractivity contribution in [1.82, 2.24) is 0 Å². The lowest BCUT2D eigenvalue weighted by Gasteiger charge is -2.08. The zero-order valence-corrected chi connectivity index (χ0v) is 18.8. The molecule has 0 bridgehead atoms. The fourth-order valence-electron chi connectivity index (χ4n) is 4.18. The van der Waals surface area contributed by atoms with Gasteiger partial charge >= 0.3 is 0 Å². The van der Waals surface area contributed by atoms with Gasteiger partial charge in [0.2, 0.25) is 0 Å². The van der Waals surface area contributed by atoms with E-state index >= 15 is 0 Å². The summed E-state index contributed by atoms with van der Waals surface area (Å²) in [4.78, 5) is 0. The number of halogens is 2. The van der Waals surface area contributed by atoms with E-state index in [1.165, 1.54) is 60.1 Å². The average molecular weight is 441 g/mol. The highest BCUT2D eigenvalue weighted by Crippen LogP contribution is 2.38. The fraction of sp³-hybridized carbons (Fsp3) is 0.267. The number of hydrogen-bond acceptors (Lipinski definition) is 1. The van der Waals surface area contributed by atoms with Crippen molar-refractivity contribution in [2.24, 2.45) is 0 Å². The van der Waals surface area contributed by atoms with Crippen LogP contribution in [0.5, 0.6) is 5.75 Å².